The van der Waals surface area contributed by atoms with Gasteiger partial charge in [0.2, 0.25) is 0 Å². The monoisotopic (exact) mass is 543 g/mol. The highest BCUT2D eigenvalue weighted by molar-refractivity contribution is 7.87. The highest BCUT2D eigenvalue weighted by atomic mass is 35.5. The number of alkyl halides is 2. The molecule has 0 bridgehead atoms. The second kappa shape index (κ2) is 11.3. The van der Waals surface area contributed by atoms with Crippen molar-refractivity contribution < 1.29 is 17.5 Å². The summed E-state index contributed by atoms with van der Waals surface area (Å²) >= 11 is 12.6. The number of halogens is 2. The van der Waals surface area contributed by atoms with E-state index >= 15 is 0 Å². The molecule has 34 heavy (non-hydrogen) atoms. The topological polar surface area (TPSA) is 116 Å². The van der Waals surface area contributed by atoms with Crippen LogP contribution < -0.4 is 14.8 Å². The second-order valence-electron chi connectivity index (χ2n) is 7.38. The lowest BCUT2D eigenvalue weighted by molar-refractivity contribution is -0.380. The molecule has 3 rings (SSSR count). The van der Waals surface area contributed by atoms with Crippen LogP contribution in [0.5, 0.6) is 5.75 Å². The second-order valence-corrected chi connectivity index (χ2v) is 10.6. The van der Waals surface area contributed by atoms with Crippen molar-refractivity contribution in [1.29, 1.82) is 0 Å². The van der Waals surface area contributed by atoms with Crippen molar-refractivity contribution in [2.24, 2.45) is 0 Å². The van der Waals surface area contributed by atoms with E-state index in [0.717, 1.165) is 17.0 Å². The molecule has 0 aliphatic carbocycles. The third-order valence-electron chi connectivity index (χ3n) is 5.08. The summed E-state index contributed by atoms with van der Waals surface area (Å²) < 4.78 is 32.5. The Hall–Kier alpha value is -2.53. The largest absolute Gasteiger partial charge is 0.399 e. The molecular formula is C22H23Cl2N3O5S2. The zero-order chi connectivity index (χ0) is 24.9. The van der Waals surface area contributed by atoms with Gasteiger partial charge >= 0.3 is 15.1 Å². The van der Waals surface area contributed by atoms with Crippen LogP contribution in [0.2, 0.25) is 0 Å². The van der Waals surface area contributed by atoms with Gasteiger partial charge in [0.15, 0.2) is 5.25 Å². The van der Waals surface area contributed by atoms with E-state index in [1.54, 1.807) is 36.6 Å². The van der Waals surface area contributed by atoms with Crippen LogP contribution in [0.1, 0.15) is 21.9 Å². The van der Waals surface area contributed by atoms with E-state index in [1.807, 2.05) is 4.90 Å². The van der Waals surface area contributed by atoms with Crippen molar-refractivity contribution in [1.82, 2.24) is 0 Å². The molecule has 8 nitrogen and oxygen atoms in total. The van der Waals surface area contributed by atoms with Crippen LogP contribution in [-0.2, 0) is 10.1 Å². The zero-order valence-electron chi connectivity index (χ0n) is 18.2. The first-order valence-corrected chi connectivity index (χ1v) is 13.6. The summed E-state index contributed by atoms with van der Waals surface area (Å²) in [7, 11) is -4.39. The molecule has 0 amide bonds. The zero-order valence-corrected chi connectivity index (χ0v) is 21.3. The van der Waals surface area contributed by atoms with Gasteiger partial charge in [0.1, 0.15) is 5.75 Å². The molecule has 1 heterocycles. The third-order valence-corrected chi connectivity index (χ3v) is 7.99. The number of thiophene rings is 1. The van der Waals surface area contributed by atoms with Gasteiger partial charge in [0.05, 0.1) is 10.5 Å². The standard InChI is InChI=1S/C22H23Cl2N3O5S2/c1-15-14-33-22(27(28)29)20(15)21(16-2-4-17(25)5-3-16)34(30,31)32-19-8-6-18(7-9-19)26(12-10-23)13-11-24/h2-9,14,21H,10-13,25H2,1H3. The van der Waals surface area contributed by atoms with Crippen LogP contribution in [0.4, 0.5) is 16.4 Å². The summed E-state index contributed by atoms with van der Waals surface area (Å²) in [5.74, 6) is 0.897. The van der Waals surface area contributed by atoms with E-state index < -0.39 is 20.3 Å². The SMILES string of the molecule is Cc1csc([N+](=O)[O-])c1C(c1ccc(N)cc1)S(=O)(=O)Oc1ccc(N(CCCl)CCCl)cc1. The molecule has 12 heteroatoms. The van der Waals surface area contributed by atoms with Gasteiger partial charge in [0, 0.05) is 41.6 Å². The maximum absolute atomic E-state index is 13.5. The number of rotatable bonds is 11. The number of anilines is 2. The molecule has 182 valence electrons. The molecule has 1 unspecified atom stereocenters. The fraction of sp³-hybridized carbons (Fsp3) is 0.273. The van der Waals surface area contributed by atoms with Crippen LogP contribution in [0.15, 0.2) is 53.9 Å². The summed E-state index contributed by atoms with van der Waals surface area (Å²) in [5.41, 5.74) is 7.88. The number of hydrogen-bond acceptors (Lipinski definition) is 8. The van der Waals surface area contributed by atoms with Gasteiger partial charge in [-0.2, -0.15) is 8.42 Å². The molecule has 0 spiro atoms. The Bertz CT molecular complexity index is 1230. The lowest BCUT2D eigenvalue weighted by Gasteiger charge is -2.23. The third kappa shape index (κ3) is 5.93. The number of benzene rings is 2. The Kier molecular flexibility index (Phi) is 8.64. The molecule has 0 fully saturated rings. The van der Waals surface area contributed by atoms with Gasteiger partial charge in [0.25, 0.3) is 0 Å². The smallest absolute Gasteiger partial charge is 0.329 e. The van der Waals surface area contributed by atoms with Gasteiger partial charge < -0.3 is 14.8 Å². The van der Waals surface area contributed by atoms with Crippen molar-refractivity contribution in [2.75, 3.05) is 35.5 Å². The van der Waals surface area contributed by atoms with Gasteiger partial charge in [-0.1, -0.05) is 23.5 Å². The minimum Gasteiger partial charge on any atom is -0.399 e. The van der Waals surface area contributed by atoms with E-state index in [1.165, 1.54) is 24.3 Å². The van der Waals surface area contributed by atoms with E-state index in [2.05, 4.69) is 0 Å². The van der Waals surface area contributed by atoms with Crippen molar-refractivity contribution in [2.45, 2.75) is 12.2 Å². The Labute approximate surface area is 212 Å². The van der Waals surface area contributed by atoms with Gasteiger partial charge in [-0.05, 0) is 54.4 Å². The molecule has 2 N–H and O–H groups in total. The fourth-order valence-electron chi connectivity index (χ4n) is 3.52. The highest BCUT2D eigenvalue weighted by Crippen LogP contribution is 2.42. The van der Waals surface area contributed by atoms with E-state index in [9.17, 15) is 18.5 Å². The van der Waals surface area contributed by atoms with E-state index in [4.69, 9.17) is 33.1 Å². The normalized spacial score (nSPS) is 12.3. The summed E-state index contributed by atoms with van der Waals surface area (Å²) in [6, 6.07) is 12.6. The molecule has 0 radical (unpaired) electrons. The number of nitrogen functional groups attached to an aromatic ring is 1. The van der Waals surface area contributed by atoms with Crippen molar-refractivity contribution >= 4 is 61.0 Å². The molecule has 0 saturated carbocycles. The van der Waals surface area contributed by atoms with Crippen LogP contribution in [0.25, 0.3) is 0 Å². The lowest BCUT2D eigenvalue weighted by Crippen LogP contribution is -2.27. The van der Waals surface area contributed by atoms with Gasteiger partial charge in [-0.15, -0.1) is 23.2 Å². The van der Waals surface area contributed by atoms with E-state index in [0.29, 0.717) is 41.7 Å². The van der Waals surface area contributed by atoms with Crippen molar-refractivity contribution in [3.63, 3.8) is 0 Å². The Morgan fingerprint density at radius 3 is 2.21 bits per heavy atom. The van der Waals surface area contributed by atoms with Gasteiger partial charge in [-0.3, -0.25) is 10.1 Å². The van der Waals surface area contributed by atoms with Crippen molar-refractivity contribution in [3.8, 4) is 5.75 Å². The molecule has 0 aliphatic rings. The van der Waals surface area contributed by atoms with Crippen LogP contribution in [-0.4, -0.2) is 38.2 Å². The number of nitro groups is 1. The Balaban J connectivity index is 2.01. The first-order chi connectivity index (χ1) is 16.2. The first-order valence-electron chi connectivity index (χ1n) is 10.2. The summed E-state index contributed by atoms with van der Waals surface area (Å²) in [6.07, 6.45) is 0. The minimum absolute atomic E-state index is 0.0757. The molecular weight excluding hydrogens is 521 g/mol. The molecule has 1 atom stereocenters. The van der Waals surface area contributed by atoms with Crippen LogP contribution >= 0.6 is 34.5 Å². The first kappa shape index (κ1) is 26.1. The number of nitrogens with two attached hydrogens (primary N) is 1. The summed E-state index contributed by atoms with van der Waals surface area (Å²) in [5, 5.41) is 11.6. The predicted molar refractivity (Wildman–Crippen MR) is 138 cm³/mol. The van der Waals surface area contributed by atoms with E-state index in [-0.39, 0.29) is 16.3 Å². The Morgan fingerprint density at radius 2 is 1.68 bits per heavy atom. The Morgan fingerprint density at radius 1 is 1.09 bits per heavy atom. The highest BCUT2D eigenvalue weighted by Gasteiger charge is 2.39. The molecule has 0 saturated heterocycles. The van der Waals surface area contributed by atoms with Crippen LogP contribution in [0, 0.1) is 17.0 Å². The predicted octanol–water partition coefficient (Wildman–Crippen LogP) is 5.33. The average molecular weight is 544 g/mol. The lowest BCUT2D eigenvalue weighted by atomic mass is 10.0. The molecule has 1 aromatic heterocycles. The molecule has 3 aromatic rings. The number of hydrogen-bond donors (Lipinski definition) is 1. The number of nitrogens with zero attached hydrogens (tertiary/aromatic N) is 2. The average Bonchev–Trinajstić information content (AvgIpc) is 3.16. The summed E-state index contributed by atoms with van der Waals surface area (Å²) in [4.78, 5) is 13.0. The molecule has 0 aliphatic heterocycles. The fourth-order valence-corrected chi connectivity index (χ4v) is 6.46. The quantitative estimate of drug-likeness (QED) is 0.114. The maximum Gasteiger partial charge on any atom is 0.329 e. The minimum atomic E-state index is -4.39. The number of aryl methyl sites for hydroxylation is 1. The maximum atomic E-state index is 13.5. The summed E-state index contributed by atoms with van der Waals surface area (Å²) in [6.45, 7) is 2.79. The van der Waals surface area contributed by atoms with Gasteiger partial charge in [-0.25, -0.2) is 0 Å². The van der Waals surface area contributed by atoms with Crippen LogP contribution in [0.3, 0.4) is 0 Å². The molecule has 2 aromatic carbocycles. The van der Waals surface area contributed by atoms with Crippen molar-refractivity contribution in [3.05, 3.63) is 80.7 Å².